The van der Waals surface area contributed by atoms with Gasteiger partial charge >= 0.3 is 5.97 Å². The van der Waals surface area contributed by atoms with E-state index in [4.69, 9.17) is 17.3 Å². The topological polar surface area (TPSA) is 78.8 Å². The maximum Gasteiger partial charge on any atom is 0.322 e. The molecule has 0 aromatic carbocycles. The molecule has 1 atom stereocenters. The molecule has 1 aliphatic rings. The standard InChI is InChI=1S/C8H8N2O3S.Na/c11-6(12)4-10-7(13)5-2-1-3-9-8(5)14;/h1-3,5H,4H2,(H,10,13)(H,11,12);. The van der Waals surface area contributed by atoms with Gasteiger partial charge in [-0.3, -0.25) is 9.59 Å². The van der Waals surface area contributed by atoms with Crippen molar-refractivity contribution in [2.24, 2.45) is 10.9 Å². The van der Waals surface area contributed by atoms with Gasteiger partial charge in [0, 0.05) is 35.8 Å². The summed E-state index contributed by atoms with van der Waals surface area (Å²) in [5.74, 6) is -2.16. The van der Waals surface area contributed by atoms with Gasteiger partial charge in [0.15, 0.2) is 0 Å². The number of aliphatic carboxylic acids is 1. The Morgan fingerprint density at radius 2 is 2.27 bits per heavy atom. The zero-order chi connectivity index (χ0) is 10.6. The minimum atomic E-state index is -1.09. The number of carbonyl (C=O) groups is 2. The van der Waals surface area contributed by atoms with Crippen LogP contribution < -0.4 is 5.32 Å². The second-order valence-corrected chi connectivity index (χ2v) is 3.01. The van der Waals surface area contributed by atoms with Crippen molar-refractivity contribution in [3.05, 3.63) is 12.2 Å². The first kappa shape index (κ1) is 14.4. The van der Waals surface area contributed by atoms with Gasteiger partial charge < -0.3 is 10.4 Å². The van der Waals surface area contributed by atoms with Gasteiger partial charge in [0.1, 0.15) is 17.5 Å². The van der Waals surface area contributed by atoms with Crippen molar-refractivity contribution in [1.29, 1.82) is 0 Å². The Hall–Kier alpha value is -0.560. The quantitative estimate of drug-likeness (QED) is 0.505. The van der Waals surface area contributed by atoms with Crippen LogP contribution in [-0.2, 0) is 9.59 Å². The smallest absolute Gasteiger partial charge is 0.322 e. The third-order valence-corrected chi connectivity index (χ3v) is 1.91. The van der Waals surface area contributed by atoms with Gasteiger partial charge in [0.05, 0.1) is 0 Å². The predicted octanol–water partition coefficient (Wildman–Crippen LogP) is -0.609. The van der Waals surface area contributed by atoms with Crippen LogP contribution in [0.3, 0.4) is 0 Å². The van der Waals surface area contributed by atoms with Crippen molar-refractivity contribution in [3.63, 3.8) is 0 Å². The number of amides is 1. The van der Waals surface area contributed by atoms with E-state index < -0.39 is 24.3 Å². The third-order valence-electron chi connectivity index (χ3n) is 1.55. The van der Waals surface area contributed by atoms with Crippen LogP contribution in [0.5, 0.6) is 0 Å². The summed E-state index contributed by atoms with van der Waals surface area (Å²) >= 11 is 4.83. The minimum Gasteiger partial charge on any atom is -0.480 e. The van der Waals surface area contributed by atoms with Crippen molar-refractivity contribution in [2.75, 3.05) is 6.54 Å². The van der Waals surface area contributed by atoms with E-state index in [0.29, 0.717) is 0 Å². The molecular formula is C8H8N2NaO3S. The number of carboxylic acids is 1. The molecule has 0 aromatic rings. The molecule has 1 heterocycles. The zero-order valence-corrected chi connectivity index (χ0v) is 11.0. The van der Waals surface area contributed by atoms with Crippen LogP contribution in [0.15, 0.2) is 17.1 Å². The summed E-state index contributed by atoms with van der Waals surface area (Å²) < 4.78 is 0. The first-order valence-electron chi connectivity index (χ1n) is 3.85. The first-order chi connectivity index (χ1) is 6.61. The Labute approximate surface area is 114 Å². The Morgan fingerprint density at radius 1 is 1.60 bits per heavy atom. The molecule has 0 saturated carbocycles. The van der Waals surface area contributed by atoms with E-state index in [0.717, 1.165) is 0 Å². The van der Waals surface area contributed by atoms with Crippen LogP contribution >= 0.6 is 12.2 Å². The second-order valence-electron chi connectivity index (χ2n) is 2.59. The Balaban J connectivity index is 0.00000196. The fourth-order valence-electron chi connectivity index (χ4n) is 0.912. The molecule has 1 rings (SSSR count). The van der Waals surface area contributed by atoms with Crippen molar-refractivity contribution in [2.45, 2.75) is 0 Å². The molecule has 1 radical (unpaired) electrons. The van der Waals surface area contributed by atoms with Gasteiger partial charge in [-0.2, -0.15) is 0 Å². The van der Waals surface area contributed by atoms with E-state index in [1.807, 2.05) is 0 Å². The molecule has 1 amide bonds. The number of carboxylic acid groups (broad SMARTS) is 1. The normalized spacial score (nSPS) is 18.1. The van der Waals surface area contributed by atoms with E-state index in [1.54, 1.807) is 12.2 Å². The summed E-state index contributed by atoms with van der Waals surface area (Å²) in [7, 11) is 0. The number of hydrogen-bond acceptors (Lipinski definition) is 3. The first-order valence-corrected chi connectivity index (χ1v) is 4.26. The van der Waals surface area contributed by atoms with Gasteiger partial charge in [0.25, 0.3) is 0 Å². The van der Waals surface area contributed by atoms with Crippen LogP contribution in [0, 0.1) is 5.92 Å². The summed E-state index contributed by atoms with van der Waals surface area (Å²) in [5.41, 5.74) is 0. The fourth-order valence-corrected chi connectivity index (χ4v) is 1.16. The third kappa shape index (κ3) is 4.65. The number of rotatable bonds is 3. The molecule has 0 spiro atoms. The van der Waals surface area contributed by atoms with Crippen molar-refractivity contribution < 1.29 is 14.7 Å². The van der Waals surface area contributed by atoms with Gasteiger partial charge in [-0.1, -0.05) is 18.3 Å². The molecular weight excluding hydrogens is 227 g/mol. The van der Waals surface area contributed by atoms with Crippen molar-refractivity contribution >= 4 is 64.9 Å². The van der Waals surface area contributed by atoms with Crippen LogP contribution in [0.2, 0.25) is 0 Å². The van der Waals surface area contributed by atoms with E-state index in [2.05, 4.69) is 10.3 Å². The summed E-state index contributed by atoms with van der Waals surface area (Å²) in [6.45, 7) is -0.407. The summed E-state index contributed by atoms with van der Waals surface area (Å²) in [4.78, 5) is 25.5. The molecule has 2 N–H and O–H groups in total. The summed E-state index contributed by atoms with van der Waals surface area (Å²) in [6.07, 6.45) is 4.66. The molecule has 1 unspecified atom stereocenters. The van der Waals surface area contributed by atoms with E-state index in [9.17, 15) is 9.59 Å². The number of carbonyl (C=O) groups excluding carboxylic acids is 1. The largest absolute Gasteiger partial charge is 0.480 e. The summed E-state index contributed by atoms with van der Waals surface area (Å²) in [5, 5.41) is 10.6. The monoisotopic (exact) mass is 235 g/mol. The molecule has 5 nitrogen and oxygen atoms in total. The van der Waals surface area contributed by atoms with Gasteiger partial charge in [-0.05, 0) is 6.08 Å². The van der Waals surface area contributed by atoms with Crippen molar-refractivity contribution in [1.82, 2.24) is 5.32 Å². The average Bonchev–Trinajstić information content (AvgIpc) is 2.15. The average molecular weight is 235 g/mol. The number of nitrogens with one attached hydrogen (secondary N) is 1. The Morgan fingerprint density at radius 3 is 2.80 bits per heavy atom. The summed E-state index contributed by atoms with van der Waals surface area (Å²) in [6, 6.07) is 0. The van der Waals surface area contributed by atoms with Crippen LogP contribution in [0.4, 0.5) is 0 Å². The molecule has 15 heavy (non-hydrogen) atoms. The van der Waals surface area contributed by atoms with E-state index in [1.165, 1.54) is 6.21 Å². The molecule has 0 aromatic heterocycles. The van der Waals surface area contributed by atoms with Gasteiger partial charge in [-0.15, -0.1) is 0 Å². The number of dihydropyridines is 1. The molecule has 7 heteroatoms. The molecule has 75 valence electrons. The Kier molecular flexibility index (Phi) is 6.58. The SMILES string of the molecule is O=C(O)CNC(=O)C1C=CC=NC1=S.[Na]. The molecule has 0 fully saturated rings. The fraction of sp³-hybridized carbons (Fsp3) is 0.250. The van der Waals surface area contributed by atoms with E-state index >= 15 is 0 Å². The second kappa shape index (κ2) is 6.84. The van der Waals surface area contributed by atoms with E-state index in [-0.39, 0.29) is 34.5 Å². The van der Waals surface area contributed by atoms with Crippen LogP contribution in [0.25, 0.3) is 0 Å². The molecule has 0 bridgehead atoms. The number of thiocarbonyl (C=S) groups is 1. The van der Waals surface area contributed by atoms with Gasteiger partial charge in [0.2, 0.25) is 5.91 Å². The molecule has 1 aliphatic heterocycles. The van der Waals surface area contributed by atoms with Crippen LogP contribution in [-0.4, -0.2) is 64.3 Å². The van der Waals surface area contributed by atoms with Gasteiger partial charge in [-0.25, -0.2) is 4.99 Å². The maximum atomic E-state index is 11.3. The molecule has 0 aliphatic carbocycles. The Bertz CT molecular complexity index is 341. The predicted molar refractivity (Wildman–Crippen MR) is 60.1 cm³/mol. The zero-order valence-electron chi connectivity index (χ0n) is 8.14. The van der Waals surface area contributed by atoms with Crippen molar-refractivity contribution in [3.8, 4) is 0 Å². The number of hydrogen-bond donors (Lipinski definition) is 2. The van der Waals surface area contributed by atoms with Crippen LogP contribution in [0.1, 0.15) is 0 Å². The number of nitrogens with zero attached hydrogens (tertiary/aromatic N) is 1. The number of allylic oxidation sites excluding steroid dienone is 1. The maximum absolute atomic E-state index is 11.3. The minimum absolute atomic E-state index is 0. The molecule has 0 saturated heterocycles. The number of aliphatic imine (C=N–C) groups is 1.